The Morgan fingerprint density at radius 2 is 2.17 bits per heavy atom. The van der Waals surface area contributed by atoms with E-state index in [0.717, 1.165) is 19.6 Å². The number of piperazine rings is 1. The SMILES string of the molecule is CC1CN(C)CCN1C(=O)c1ccc(Cl)c(N)c1. The molecular formula is C13H18ClN3O. The van der Waals surface area contributed by atoms with Crippen LogP contribution >= 0.6 is 11.6 Å². The highest BCUT2D eigenvalue weighted by molar-refractivity contribution is 6.33. The van der Waals surface area contributed by atoms with Crippen LogP contribution in [0, 0.1) is 0 Å². The molecule has 1 saturated heterocycles. The van der Waals surface area contributed by atoms with Gasteiger partial charge in [-0.1, -0.05) is 11.6 Å². The first-order chi connectivity index (χ1) is 8.49. The first kappa shape index (κ1) is 13.2. The van der Waals surface area contributed by atoms with Crippen LogP contribution in [0.4, 0.5) is 5.69 Å². The number of nitrogens with two attached hydrogens (primary N) is 1. The number of likely N-dealkylation sites (N-methyl/N-ethyl adjacent to an activating group) is 1. The molecule has 1 heterocycles. The fourth-order valence-corrected chi connectivity index (χ4v) is 2.40. The van der Waals surface area contributed by atoms with Crippen molar-refractivity contribution in [2.75, 3.05) is 32.4 Å². The van der Waals surface area contributed by atoms with Crippen molar-refractivity contribution in [3.05, 3.63) is 28.8 Å². The highest BCUT2D eigenvalue weighted by atomic mass is 35.5. The van der Waals surface area contributed by atoms with Crippen LogP contribution in [0.2, 0.25) is 5.02 Å². The molecule has 1 atom stereocenters. The highest BCUT2D eigenvalue weighted by Crippen LogP contribution is 2.21. The standard InChI is InChI=1S/C13H18ClN3O/c1-9-8-16(2)5-6-17(9)13(18)10-3-4-11(14)12(15)7-10/h3-4,7,9H,5-6,8,15H2,1-2H3. The molecule has 1 aromatic carbocycles. The number of hydrogen-bond donors (Lipinski definition) is 1. The maximum atomic E-state index is 12.4. The van der Waals surface area contributed by atoms with Crippen molar-refractivity contribution in [1.29, 1.82) is 0 Å². The summed E-state index contributed by atoms with van der Waals surface area (Å²) in [6, 6.07) is 5.26. The predicted molar refractivity (Wildman–Crippen MR) is 73.9 cm³/mol. The monoisotopic (exact) mass is 267 g/mol. The third kappa shape index (κ3) is 2.60. The number of nitrogen functional groups attached to an aromatic ring is 1. The van der Waals surface area contributed by atoms with Gasteiger partial charge in [0.1, 0.15) is 0 Å². The van der Waals surface area contributed by atoms with Gasteiger partial charge in [-0.2, -0.15) is 0 Å². The number of anilines is 1. The van der Waals surface area contributed by atoms with Gasteiger partial charge in [-0.05, 0) is 32.2 Å². The lowest BCUT2D eigenvalue weighted by atomic mass is 10.1. The van der Waals surface area contributed by atoms with E-state index in [0.29, 0.717) is 16.3 Å². The fourth-order valence-electron chi connectivity index (χ4n) is 2.28. The lowest BCUT2D eigenvalue weighted by Gasteiger charge is -2.38. The number of hydrogen-bond acceptors (Lipinski definition) is 3. The molecule has 0 aromatic heterocycles. The van der Waals surface area contributed by atoms with Gasteiger partial charge in [0.15, 0.2) is 0 Å². The van der Waals surface area contributed by atoms with Crippen LogP contribution in [0.1, 0.15) is 17.3 Å². The lowest BCUT2D eigenvalue weighted by Crippen LogP contribution is -2.52. The van der Waals surface area contributed by atoms with Crippen molar-refractivity contribution >= 4 is 23.2 Å². The number of carbonyl (C=O) groups excluding carboxylic acids is 1. The van der Waals surface area contributed by atoms with Gasteiger partial charge in [0, 0.05) is 31.2 Å². The fraction of sp³-hybridized carbons (Fsp3) is 0.462. The van der Waals surface area contributed by atoms with E-state index >= 15 is 0 Å². The van der Waals surface area contributed by atoms with Gasteiger partial charge < -0.3 is 15.5 Å². The van der Waals surface area contributed by atoms with E-state index in [9.17, 15) is 4.79 Å². The molecule has 2 N–H and O–H groups in total. The largest absolute Gasteiger partial charge is 0.398 e. The zero-order chi connectivity index (χ0) is 13.3. The Bertz CT molecular complexity index is 464. The molecule has 5 heteroatoms. The average molecular weight is 268 g/mol. The molecule has 0 aliphatic carbocycles. The van der Waals surface area contributed by atoms with Crippen LogP contribution in [0.25, 0.3) is 0 Å². The molecule has 1 aliphatic rings. The van der Waals surface area contributed by atoms with Crippen molar-refractivity contribution < 1.29 is 4.79 Å². The van der Waals surface area contributed by atoms with E-state index in [4.69, 9.17) is 17.3 Å². The quantitative estimate of drug-likeness (QED) is 0.788. The normalized spacial score (nSPS) is 21.1. The van der Waals surface area contributed by atoms with Gasteiger partial charge in [0.05, 0.1) is 10.7 Å². The Morgan fingerprint density at radius 3 is 2.78 bits per heavy atom. The van der Waals surface area contributed by atoms with Crippen molar-refractivity contribution in [2.45, 2.75) is 13.0 Å². The Labute approximate surface area is 112 Å². The second-order valence-corrected chi connectivity index (χ2v) is 5.25. The molecule has 1 unspecified atom stereocenters. The smallest absolute Gasteiger partial charge is 0.254 e. The van der Waals surface area contributed by atoms with Gasteiger partial charge in [0.25, 0.3) is 5.91 Å². The summed E-state index contributed by atoms with van der Waals surface area (Å²) in [4.78, 5) is 16.5. The maximum absolute atomic E-state index is 12.4. The van der Waals surface area contributed by atoms with Crippen molar-refractivity contribution in [3.8, 4) is 0 Å². The summed E-state index contributed by atoms with van der Waals surface area (Å²) in [7, 11) is 2.07. The number of nitrogens with zero attached hydrogens (tertiary/aromatic N) is 2. The molecule has 98 valence electrons. The zero-order valence-electron chi connectivity index (χ0n) is 10.7. The Hall–Kier alpha value is -1.26. The molecule has 2 rings (SSSR count). The number of amides is 1. The van der Waals surface area contributed by atoms with E-state index in [2.05, 4.69) is 18.9 Å². The van der Waals surface area contributed by atoms with Gasteiger partial charge in [-0.25, -0.2) is 0 Å². The second-order valence-electron chi connectivity index (χ2n) is 4.85. The number of halogens is 1. The summed E-state index contributed by atoms with van der Waals surface area (Å²) in [6.45, 7) is 4.61. The first-order valence-electron chi connectivity index (χ1n) is 6.03. The minimum atomic E-state index is 0.0268. The van der Waals surface area contributed by atoms with E-state index < -0.39 is 0 Å². The third-order valence-electron chi connectivity index (χ3n) is 3.33. The van der Waals surface area contributed by atoms with Crippen molar-refractivity contribution in [2.24, 2.45) is 0 Å². The molecule has 0 saturated carbocycles. The summed E-state index contributed by atoms with van der Waals surface area (Å²) in [6.07, 6.45) is 0. The molecule has 0 bridgehead atoms. The zero-order valence-corrected chi connectivity index (χ0v) is 11.4. The number of benzene rings is 1. The number of carbonyl (C=O) groups is 1. The molecule has 1 amide bonds. The van der Waals surface area contributed by atoms with Crippen LogP contribution in [0.3, 0.4) is 0 Å². The van der Waals surface area contributed by atoms with Crippen LogP contribution in [-0.2, 0) is 0 Å². The summed E-state index contributed by atoms with van der Waals surface area (Å²) in [5, 5.41) is 0.484. The topological polar surface area (TPSA) is 49.6 Å². The molecule has 1 aromatic rings. The van der Waals surface area contributed by atoms with E-state index in [1.54, 1.807) is 18.2 Å². The van der Waals surface area contributed by atoms with Crippen LogP contribution in [0.5, 0.6) is 0 Å². The summed E-state index contributed by atoms with van der Waals surface area (Å²) >= 11 is 5.86. The van der Waals surface area contributed by atoms with Gasteiger partial charge >= 0.3 is 0 Å². The Kier molecular flexibility index (Phi) is 3.78. The Morgan fingerprint density at radius 1 is 1.44 bits per heavy atom. The molecule has 0 radical (unpaired) electrons. The summed E-state index contributed by atoms with van der Waals surface area (Å²) in [5.41, 5.74) is 6.79. The van der Waals surface area contributed by atoms with Crippen LogP contribution in [0.15, 0.2) is 18.2 Å². The van der Waals surface area contributed by atoms with Crippen molar-refractivity contribution in [1.82, 2.24) is 9.80 Å². The molecule has 4 nitrogen and oxygen atoms in total. The van der Waals surface area contributed by atoms with Gasteiger partial charge in [-0.3, -0.25) is 4.79 Å². The van der Waals surface area contributed by atoms with Crippen LogP contribution in [-0.4, -0.2) is 48.4 Å². The molecular weight excluding hydrogens is 250 g/mol. The predicted octanol–water partition coefficient (Wildman–Crippen LogP) is 1.70. The van der Waals surface area contributed by atoms with Gasteiger partial charge in [0.2, 0.25) is 0 Å². The Balaban J connectivity index is 2.18. The lowest BCUT2D eigenvalue weighted by molar-refractivity contribution is 0.0533. The molecule has 1 fully saturated rings. The maximum Gasteiger partial charge on any atom is 0.254 e. The molecule has 18 heavy (non-hydrogen) atoms. The van der Waals surface area contributed by atoms with Crippen LogP contribution < -0.4 is 5.73 Å². The average Bonchev–Trinajstić information content (AvgIpc) is 2.32. The van der Waals surface area contributed by atoms with E-state index in [1.165, 1.54) is 0 Å². The minimum absolute atomic E-state index is 0.0268. The van der Waals surface area contributed by atoms with Crippen molar-refractivity contribution in [3.63, 3.8) is 0 Å². The first-order valence-corrected chi connectivity index (χ1v) is 6.41. The summed E-state index contributed by atoms with van der Waals surface area (Å²) < 4.78 is 0. The van der Waals surface area contributed by atoms with Gasteiger partial charge in [-0.15, -0.1) is 0 Å². The number of rotatable bonds is 1. The third-order valence-corrected chi connectivity index (χ3v) is 3.68. The second kappa shape index (κ2) is 5.16. The summed E-state index contributed by atoms with van der Waals surface area (Å²) in [5.74, 6) is 0.0268. The molecule has 1 aliphatic heterocycles. The molecule has 0 spiro atoms. The highest BCUT2D eigenvalue weighted by Gasteiger charge is 2.26. The van der Waals surface area contributed by atoms with E-state index in [-0.39, 0.29) is 11.9 Å². The minimum Gasteiger partial charge on any atom is -0.398 e. The van der Waals surface area contributed by atoms with E-state index in [1.807, 2.05) is 4.90 Å².